The molecule has 2 aromatic rings. The van der Waals surface area contributed by atoms with Crippen molar-refractivity contribution in [2.24, 2.45) is 0 Å². The van der Waals surface area contributed by atoms with Gasteiger partial charge in [-0.25, -0.2) is 8.78 Å². The Balaban J connectivity index is 1.96. The van der Waals surface area contributed by atoms with Crippen LogP contribution >= 0.6 is 11.3 Å². The number of phenols is 1. The molecule has 0 aliphatic rings. The number of thiazole rings is 1. The number of aromatic nitrogens is 1. The Morgan fingerprint density at radius 3 is 2.50 bits per heavy atom. The van der Waals surface area contributed by atoms with Crippen LogP contribution in [0.15, 0.2) is 22.3 Å². The molecule has 0 bridgehead atoms. The fraction of sp³-hybridized carbons (Fsp3) is 0.182. The van der Waals surface area contributed by atoms with Crippen LogP contribution in [0.25, 0.3) is 0 Å². The summed E-state index contributed by atoms with van der Waals surface area (Å²) in [5.74, 6) is -2.95. The molecule has 96 valence electrons. The second-order valence-corrected chi connectivity index (χ2v) is 4.53. The van der Waals surface area contributed by atoms with Crippen molar-refractivity contribution in [3.63, 3.8) is 0 Å². The smallest absolute Gasteiger partial charge is 0.304 e. The fourth-order valence-corrected chi connectivity index (χ4v) is 2.04. The van der Waals surface area contributed by atoms with Gasteiger partial charge in [0.25, 0.3) is 0 Å². The lowest BCUT2D eigenvalue weighted by atomic mass is 10.2. The number of phenolic OH excluding ortho intramolecular Hbond substituents is 1. The van der Waals surface area contributed by atoms with Gasteiger partial charge in [-0.15, -0.1) is 0 Å². The van der Waals surface area contributed by atoms with E-state index in [1.54, 1.807) is 5.38 Å². The van der Waals surface area contributed by atoms with Crippen molar-refractivity contribution >= 4 is 11.3 Å². The molecule has 1 aromatic heterocycles. The molecular weight excluding hydrogens is 262 g/mol. The minimum absolute atomic E-state index is 0.145. The maximum Gasteiger partial charge on any atom is 0.304 e. The molecule has 0 radical (unpaired) electrons. The summed E-state index contributed by atoms with van der Waals surface area (Å²) in [6, 6.07) is 2.11. The predicted octanol–water partition coefficient (Wildman–Crippen LogP) is 1.71. The van der Waals surface area contributed by atoms with Gasteiger partial charge in [0, 0.05) is 24.2 Å². The van der Waals surface area contributed by atoms with Crippen LogP contribution in [0.2, 0.25) is 0 Å². The maximum absolute atomic E-state index is 13.0. The largest absolute Gasteiger partial charge is 0.503 e. The predicted molar refractivity (Wildman–Crippen MR) is 63.5 cm³/mol. The van der Waals surface area contributed by atoms with Crippen molar-refractivity contribution in [3.8, 4) is 5.75 Å². The third kappa shape index (κ3) is 2.93. The number of nitrogens with one attached hydrogen (secondary N) is 2. The fourth-order valence-electron chi connectivity index (χ4n) is 1.46. The van der Waals surface area contributed by atoms with Gasteiger partial charge in [0.05, 0.1) is 0 Å². The first-order chi connectivity index (χ1) is 8.56. The van der Waals surface area contributed by atoms with E-state index in [1.807, 2.05) is 0 Å². The van der Waals surface area contributed by atoms with E-state index in [-0.39, 0.29) is 11.4 Å². The molecule has 0 saturated heterocycles. The zero-order valence-corrected chi connectivity index (χ0v) is 9.98. The Hall–Kier alpha value is -1.73. The summed E-state index contributed by atoms with van der Waals surface area (Å²) >= 11 is 1.05. The second-order valence-electron chi connectivity index (χ2n) is 3.69. The first kappa shape index (κ1) is 12.7. The Morgan fingerprint density at radius 1 is 1.28 bits per heavy atom. The molecule has 3 N–H and O–H groups in total. The highest BCUT2D eigenvalue weighted by Gasteiger charge is 2.09. The lowest BCUT2D eigenvalue weighted by Crippen LogP contribution is -2.14. The molecule has 0 aliphatic heterocycles. The van der Waals surface area contributed by atoms with Crippen LogP contribution in [0, 0.1) is 11.6 Å². The molecular formula is C11H10F2N2O2S. The summed E-state index contributed by atoms with van der Waals surface area (Å²) in [6.45, 7) is 0.620. The van der Waals surface area contributed by atoms with Crippen molar-refractivity contribution in [1.29, 1.82) is 0 Å². The number of aromatic hydroxyl groups is 1. The zero-order valence-electron chi connectivity index (χ0n) is 9.17. The molecule has 7 heteroatoms. The Bertz CT molecular complexity index is 586. The normalized spacial score (nSPS) is 10.8. The van der Waals surface area contributed by atoms with Crippen LogP contribution in [0.4, 0.5) is 8.78 Å². The van der Waals surface area contributed by atoms with E-state index in [0.29, 0.717) is 17.8 Å². The minimum atomic E-state index is -0.990. The second kappa shape index (κ2) is 5.28. The van der Waals surface area contributed by atoms with Crippen LogP contribution in [0.1, 0.15) is 11.3 Å². The molecule has 0 spiro atoms. The van der Waals surface area contributed by atoms with Crippen molar-refractivity contribution < 1.29 is 13.9 Å². The Labute approximate surface area is 105 Å². The molecule has 0 saturated carbocycles. The highest BCUT2D eigenvalue weighted by Crippen LogP contribution is 2.21. The van der Waals surface area contributed by atoms with Gasteiger partial charge in [-0.2, -0.15) is 0 Å². The number of aromatic amines is 1. The summed E-state index contributed by atoms with van der Waals surface area (Å²) < 4.78 is 26.1. The standard InChI is InChI=1S/C11H10F2N2O2S/c12-8-1-6(2-9(13)10(8)16)3-14-4-7-5-18-11(17)15-7/h1-2,5,14,16H,3-4H2,(H,15,17). The van der Waals surface area contributed by atoms with Crippen LogP contribution < -0.4 is 10.2 Å². The molecule has 18 heavy (non-hydrogen) atoms. The number of hydrogen-bond donors (Lipinski definition) is 3. The number of halogens is 2. The van der Waals surface area contributed by atoms with Crippen LogP contribution in [-0.2, 0) is 13.1 Å². The monoisotopic (exact) mass is 272 g/mol. The van der Waals surface area contributed by atoms with Gasteiger partial charge >= 0.3 is 4.87 Å². The summed E-state index contributed by atoms with van der Waals surface area (Å²) in [4.78, 5) is 13.3. The van der Waals surface area contributed by atoms with E-state index >= 15 is 0 Å². The molecule has 0 atom stereocenters. The van der Waals surface area contributed by atoms with E-state index in [0.717, 1.165) is 23.5 Å². The highest BCUT2D eigenvalue weighted by molar-refractivity contribution is 7.07. The van der Waals surface area contributed by atoms with Crippen molar-refractivity contribution in [2.45, 2.75) is 13.1 Å². The van der Waals surface area contributed by atoms with E-state index in [9.17, 15) is 13.6 Å². The average Bonchev–Trinajstić information content (AvgIpc) is 2.72. The van der Waals surface area contributed by atoms with Crippen molar-refractivity contribution in [3.05, 3.63) is 50.1 Å². The Kier molecular flexibility index (Phi) is 3.73. The first-order valence-corrected chi connectivity index (χ1v) is 5.98. The first-order valence-electron chi connectivity index (χ1n) is 5.10. The van der Waals surface area contributed by atoms with Gasteiger partial charge in [0.2, 0.25) is 0 Å². The molecule has 0 unspecified atom stereocenters. The molecule has 0 aliphatic carbocycles. The van der Waals surface area contributed by atoms with E-state index < -0.39 is 17.4 Å². The molecule has 0 fully saturated rings. The minimum Gasteiger partial charge on any atom is -0.503 e. The van der Waals surface area contributed by atoms with E-state index in [4.69, 9.17) is 5.11 Å². The lowest BCUT2D eigenvalue weighted by Gasteiger charge is -2.05. The number of H-pyrrole nitrogens is 1. The number of benzene rings is 1. The van der Waals surface area contributed by atoms with Gasteiger partial charge in [0.1, 0.15) is 0 Å². The molecule has 1 heterocycles. The lowest BCUT2D eigenvalue weighted by molar-refractivity contribution is 0.395. The summed E-state index contributed by atoms with van der Waals surface area (Å²) in [7, 11) is 0. The highest BCUT2D eigenvalue weighted by atomic mass is 32.1. The number of hydrogen-bond acceptors (Lipinski definition) is 4. The van der Waals surface area contributed by atoms with Crippen LogP contribution in [-0.4, -0.2) is 10.1 Å². The van der Waals surface area contributed by atoms with Crippen molar-refractivity contribution in [2.75, 3.05) is 0 Å². The zero-order chi connectivity index (χ0) is 13.1. The SMILES string of the molecule is O=c1[nH]c(CNCc2cc(F)c(O)c(F)c2)cs1. The number of rotatable bonds is 4. The quantitative estimate of drug-likeness (QED) is 0.794. The van der Waals surface area contributed by atoms with Crippen LogP contribution in [0.3, 0.4) is 0 Å². The van der Waals surface area contributed by atoms with E-state index in [1.165, 1.54) is 0 Å². The van der Waals surface area contributed by atoms with Gasteiger partial charge in [-0.05, 0) is 17.7 Å². The third-order valence-corrected chi connectivity index (χ3v) is 3.01. The molecule has 2 rings (SSSR count). The summed E-state index contributed by atoms with van der Waals surface area (Å²) in [5.41, 5.74) is 1.09. The molecule has 0 amide bonds. The molecule has 1 aromatic carbocycles. The third-order valence-electron chi connectivity index (χ3n) is 2.29. The van der Waals surface area contributed by atoms with E-state index in [2.05, 4.69) is 10.3 Å². The summed E-state index contributed by atoms with van der Waals surface area (Å²) in [5, 5.41) is 13.5. The Morgan fingerprint density at radius 2 is 1.94 bits per heavy atom. The molecule has 4 nitrogen and oxygen atoms in total. The van der Waals surface area contributed by atoms with Crippen molar-refractivity contribution in [1.82, 2.24) is 10.3 Å². The van der Waals surface area contributed by atoms with Crippen LogP contribution in [0.5, 0.6) is 5.75 Å². The topological polar surface area (TPSA) is 65.1 Å². The van der Waals surface area contributed by atoms with Gasteiger partial charge < -0.3 is 15.4 Å². The average molecular weight is 272 g/mol. The summed E-state index contributed by atoms with van der Waals surface area (Å²) in [6.07, 6.45) is 0. The van der Waals surface area contributed by atoms with Gasteiger partial charge in [0.15, 0.2) is 17.4 Å². The van der Waals surface area contributed by atoms with Gasteiger partial charge in [-0.3, -0.25) is 4.79 Å². The maximum atomic E-state index is 13.0. The van der Waals surface area contributed by atoms with Gasteiger partial charge in [-0.1, -0.05) is 11.3 Å².